The third kappa shape index (κ3) is 2.37. The van der Waals surface area contributed by atoms with E-state index in [2.05, 4.69) is 49.2 Å². The lowest BCUT2D eigenvalue weighted by atomic mass is 10.0. The van der Waals surface area contributed by atoms with Crippen LogP contribution in [-0.4, -0.2) is 0 Å². The number of rotatable bonds is 3. The zero-order valence-corrected chi connectivity index (χ0v) is 9.68. The maximum absolute atomic E-state index is 3.78. The summed E-state index contributed by atoms with van der Waals surface area (Å²) in [6.45, 7) is 5.94. The molecule has 76 valence electrons. The van der Waals surface area contributed by atoms with Gasteiger partial charge in [0.15, 0.2) is 0 Å². The molecule has 1 heteroatoms. The highest BCUT2D eigenvalue weighted by Gasteiger charge is 2.01. The van der Waals surface area contributed by atoms with Gasteiger partial charge in [0.1, 0.15) is 0 Å². The molecule has 0 atom stereocenters. The normalized spacial score (nSPS) is 10.2. The van der Waals surface area contributed by atoms with Crippen LogP contribution in [-0.2, 0) is 6.42 Å². The molecule has 2 rings (SSSR count). The van der Waals surface area contributed by atoms with Crippen molar-refractivity contribution in [1.82, 2.24) is 0 Å². The number of hydrogen-bond acceptors (Lipinski definition) is 1. The van der Waals surface area contributed by atoms with Gasteiger partial charge in [-0.3, -0.25) is 0 Å². The molecule has 15 heavy (non-hydrogen) atoms. The highest BCUT2D eigenvalue weighted by molar-refractivity contribution is 7.11. The van der Waals surface area contributed by atoms with Gasteiger partial charge < -0.3 is 0 Å². The van der Waals surface area contributed by atoms with Crippen LogP contribution in [0.4, 0.5) is 0 Å². The molecule has 0 radical (unpaired) electrons. The Morgan fingerprint density at radius 1 is 1.33 bits per heavy atom. The molecule has 1 aromatic heterocycles. The van der Waals surface area contributed by atoms with Crippen molar-refractivity contribution in [2.45, 2.75) is 13.3 Å². The van der Waals surface area contributed by atoms with E-state index in [1.165, 1.54) is 21.6 Å². The van der Waals surface area contributed by atoms with Gasteiger partial charge in [-0.05, 0) is 41.5 Å². The molecule has 0 bridgehead atoms. The fourth-order valence-electron chi connectivity index (χ4n) is 1.62. The highest BCUT2D eigenvalue weighted by Crippen LogP contribution is 2.20. The second-order valence-corrected chi connectivity index (χ2v) is 4.61. The van der Waals surface area contributed by atoms with Crippen molar-refractivity contribution >= 4 is 17.4 Å². The van der Waals surface area contributed by atoms with Crippen LogP contribution in [0, 0.1) is 6.92 Å². The van der Waals surface area contributed by atoms with Crippen LogP contribution >= 0.6 is 11.3 Å². The molecule has 0 aliphatic rings. The average Bonchev–Trinajstić information content (AvgIpc) is 2.69. The molecule has 0 saturated heterocycles. The minimum absolute atomic E-state index is 1.02. The zero-order valence-electron chi connectivity index (χ0n) is 8.86. The molecule has 0 aliphatic carbocycles. The first-order chi connectivity index (χ1) is 7.29. The first kappa shape index (κ1) is 10.2. The Hall–Kier alpha value is -1.34. The van der Waals surface area contributed by atoms with Gasteiger partial charge in [0.2, 0.25) is 0 Å². The van der Waals surface area contributed by atoms with E-state index in [1.807, 2.05) is 6.08 Å². The van der Waals surface area contributed by atoms with E-state index in [9.17, 15) is 0 Å². The molecule has 0 fully saturated rings. The third-order valence-electron chi connectivity index (χ3n) is 2.53. The summed E-state index contributed by atoms with van der Waals surface area (Å²) in [5, 5.41) is 2.21. The van der Waals surface area contributed by atoms with Crippen molar-refractivity contribution in [1.29, 1.82) is 0 Å². The minimum atomic E-state index is 1.02. The highest BCUT2D eigenvalue weighted by atomic mass is 32.1. The van der Waals surface area contributed by atoms with Gasteiger partial charge in [-0.1, -0.05) is 36.9 Å². The molecule has 0 unspecified atom stereocenters. The molecule has 0 N–H and O–H groups in total. The largest absolute Gasteiger partial charge is 0.144 e. The molecule has 0 amide bonds. The molecule has 1 heterocycles. The van der Waals surface area contributed by atoms with Crippen molar-refractivity contribution in [3.05, 3.63) is 63.9 Å². The molecule has 1 aromatic carbocycles. The fraction of sp³-hybridized carbons (Fsp3) is 0.143. The van der Waals surface area contributed by atoms with Crippen LogP contribution in [0.3, 0.4) is 0 Å². The predicted molar refractivity (Wildman–Crippen MR) is 68.4 cm³/mol. The standard InChI is InChI=1S/C14H14S/c1-3-14-9-12(10-15-14)8-13-7-5-4-6-11(13)2/h3-7,9-10H,1,8H2,2H3. The van der Waals surface area contributed by atoms with Gasteiger partial charge in [0.05, 0.1) is 0 Å². The van der Waals surface area contributed by atoms with Crippen molar-refractivity contribution in [3.63, 3.8) is 0 Å². The van der Waals surface area contributed by atoms with Crippen molar-refractivity contribution in [2.24, 2.45) is 0 Å². The van der Waals surface area contributed by atoms with Gasteiger partial charge in [-0.2, -0.15) is 0 Å². The third-order valence-corrected chi connectivity index (χ3v) is 3.51. The first-order valence-corrected chi connectivity index (χ1v) is 5.92. The van der Waals surface area contributed by atoms with Gasteiger partial charge >= 0.3 is 0 Å². The summed E-state index contributed by atoms with van der Waals surface area (Å²) in [5.74, 6) is 0. The summed E-state index contributed by atoms with van der Waals surface area (Å²) in [5.41, 5.74) is 4.15. The maximum Gasteiger partial charge on any atom is 0.0267 e. The van der Waals surface area contributed by atoms with Crippen molar-refractivity contribution in [3.8, 4) is 0 Å². The van der Waals surface area contributed by atoms with Gasteiger partial charge in [-0.15, -0.1) is 11.3 Å². The summed E-state index contributed by atoms with van der Waals surface area (Å²) in [4.78, 5) is 1.25. The van der Waals surface area contributed by atoms with Gasteiger partial charge in [0, 0.05) is 4.88 Å². The van der Waals surface area contributed by atoms with E-state index in [0.29, 0.717) is 0 Å². The van der Waals surface area contributed by atoms with Crippen LogP contribution in [0.1, 0.15) is 21.6 Å². The van der Waals surface area contributed by atoms with Gasteiger partial charge in [-0.25, -0.2) is 0 Å². The molecule has 2 aromatic rings. The predicted octanol–water partition coefficient (Wildman–Crippen LogP) is 4.29. The number of thiophene rings is 1. The summed E-state index contributed by atoms with van der Waals surface area (Å²) in [7, 11) is 0. The van der Waals surface area contributed by atoms with Crippen LogP contribution in [0.15, 0.2) is 42.3 Å². The Balaban J connectivity index is 2.22. The lowest BCUT2D eigenvalue weighted by Gasteiger charge is -2.02. The minimum Gasteiger partial charge on any atom is -0.144 e. The first-order valence-electron chi connectivity index (χ1n) is 5.04. The number of benzene rings is 1. The van der Waals surface area contributed by atoms with Crippen molar-refractivity contribution in [2.75, 3.05) is 0 Å². The average molecular weight is 214 g/mol. The monoisotopic (exact) mass is 214 g/mol. The lowest BCUT2D eigenvalue weighted by Crippen LogP contribution is -1.88. The summed E-state index contributed by atoms with van der Waals surface area (Å²) in [6, 6.07) is 10.8. The van der Waals surface area contributed by atoms with E-state index in [-0.39, 0.29) is 0 Å². The quantitative estimate of drug-likeness (QED) is 0.715. The van der Waals surface area contributed by atoms with E-state index >= 15 is 0 Å². The Bertz CT molecular complexity index is 466. The molecular weight excluding hydrogens is 200 g/mol. The Morgan fingerprint density at radius 3 is 2.80 bits per heavy atom. The number of hydrogen-bond donors (Lipinski definition) is 0. The van der Waals surface area contributed by atoms with E-state index in [0.717, 1.165) is 6.42 Å². The lowest BCUT2D eigenvalue weighted by molar-refractivity contribution is 1.17. The molecule has 0 aliphatic heterocycles. The second-order valence-electron chi connectivity index (χ2n) is 3.66. The fourth-order valence-corrected chi connectivity index (χ4v) is 2.38. The Labute approximate surface area is 94.9 Å². The SMILES string of the molecule is C=Cc1cc(Cc2ccccc2C)cs1. The van der Waals surface area contributed by atoms with E-state index < -0.39 is 0 Å². The summed E-state index contributed by atoms with van der Waals surface area (Å²) < 4.78 is 0. The smallest absolute Gasteiger partial charge is 0.0267 e. The summed E-state index contributed by atoms with van der Waals surface area (Å²) in [6.07, 6.45) is 2.93. The molecule has 0 nitrogen and oxygen atoms in total. The summed E-state index contributed by atoms with van der Waals surface area (Å²) >= 11 is 1.76. The van der Waals surface area contributed by atoms with Gasteiger partial charge in [0.25, 0.3) is 0 Å². The van der Waals surface area contributed by atoms with Crippen LogP contribution < -0.4 is 0 Å². The molecule has 0 spiro atoms. The Kier molecular flexibility index (Phi) is 3.02. The molecular formula is C14H14S. The van der Waals surface area contributed by atoms with E-state index in [1.54, 1.807) is 11.3 Å². The van der Waals surface area contributed by atoms with Crippen LogP contribution in [0.25, 0.3) is 6.08 Å². The number of aryl methyl sites for hydroxylation is 1. The van der Waals surface area contributed by atoms with Crippen LogP contribution in [0.2, 0.25) is 0 Å². The Morgan fingerprint density at radius 2 is 2.13 bits per heavy atom. The zero-order chi connectivity index (χ0) is 10.7. The van der Waals surface area contributed by atoms with E-state index in [4.69, 9.17) is 0 Å². The molecule has 0 saturated carbocycles. The van der Waals surface area contributed by atoms with Crippen LogP contribution in [0.5, 0.6) is 0 Å². The topological polar surface area (TPSA) is 0 Å². The van der Waals surface area contributed by atoms with Crippen molar-refractivity contribution < 1.29 is 0 Å². The second kappa shape index (κ2) is 4.45. The maximum atomic E-state index is 3.78.